The Morgan fingerprint density at radius 1 is 1.04 bits per heavy atom. The molecule has 1 aliphatic rings. The molecule has 1 aliphatic heterocycles. The van der Waals surface area contributed by atoms with Gasteiger partial charge in [0, 0.05) is 23.9 Å². The van der Waals surface area contributed by atoms with Crippen LogP contribution in [0.5, 0.6) is 0 Å². The highest BCUT2D eigenvalue weighted by Crippen LogP contribution is 2.26. The van der Waals surface area contributed by atoms with Crippen LogP contribution in [0.25, 0.3) is 0 Å². The number of hydrogen-bond donors (Lipinski definition) is 1. The maximum atomic E-state index is 13.3. The highest BCUT2D eigenvalue weighted by atomic mass is 35.5. The summed E-state index contributed by atoms with van der Waals surface area (Å²) in [6.45, 7) is 0.397. The molecular formula is C18H14Cl2F2N2O2. The molecule has 1 heterocycles. The van der Waals surface area contributed by atoms with Crippen molar-refractivity contribution in [1.29, 1.82) is 0 Å². The number of rotatable bonds is 3. The van der Waals surface area contributed by atoms with Crippen molar-refractivity contribution in [2.45, 2.75) is 18.9 Å². The fourth-order valence-electron chi connectivity index (χ4n) is 2.93. The molecule has 2 aromatic rings. The van der Waals surface area contributed by atoms with Gasteiger partial charge in [-0.1, -0.05) is 23.2 Å². The van der Waals surface area contributed by atoms with Gasteiger partial charge in [-0.15, -0.1) is 0 Å². The minimum atomic E-state index is -0.796. The van der Waals surface area contributed by atoms with Crippen LogP contribution >= 0.6 is 23.2 Å². The molecule has 1 N–H and O–H groups in total. The molecule has 1 unspecified atom stereocenters. The summed E-state index contributed by atoms with van der Waals surface area (Å²) in [7, 11) is 0. The predicted molar refractivity (Wildman–Crippen MR) is 95.5 cm³/mol. The first-order chi connectivity index (χ1) is 12.3. The summed E-state index contributed by atoms with van der Waals surface area (Å²) in [6.07, 6.45) is 1.10. The number of carbonyl (C=O) groups excluding carboxylic acids is 2. The van der Waals surface area contributed by atoms with Crippen LogP contribution in [0.1, 0.15) is 23.2 Å². The van der Waals surface area contributed by atoms with Gasteiger partial charge in [0.05, 0.1) is 10.0 Å². The van der Waals surface area contributed by atoms with Crippen molar-refractivity contribution in [1.82, 2.24) is 4.90 Å². The number of amides is 2. The first-order valence-corrected chi connectivity index (χ1v) is 8.64. The summed E-state index contributed by atoms with van der Waals surface area (Å²) >= 11 is 11.8. The third-order valence-electron chi connectivity index (χ3n) is 4.11. The summed E-state index contributed by atoms with van der Waals surface area (Å²) in [4.78, 5) is 26.6. The number of nitrogens with one attached hydrogen (secondary N) is 1. The van der Waals surface area contributed by atoms with Crippen molar-refractivity contribution in [3.05, 3.63) is 63.6 Å². The fourth-order valence-corrected chi connectivity index (χ4v) is 3.23. The van der Waals surface area contributed by atoms with E-state index in [1.165, 1.54) is 23.1 Å². The van der Waals surface area contributed by atoms with Crippen LogP contribution in [0.15, 0.2) is 36.4 Å². The Kier molecular flexibility index (Phi) is 5.44. The SMILES string of the molecule is O=C(Nc1cc(F)cc(F)c1)C1CCCN1C(=O)c1ccc(Cl)c(Cl)c1. The van der Waals surface area contributed by atoms with Gasteiger partial charge in [-0.3, -0.25) is 9.59 Å². The lowest BCUT2D eigenvalue weighted by Gasteiger charge is -2.24. The van der Waals surface area contributed by atoms with E-state index >= 15 is 0 Å². The maximum Gasteiger partial charge on any atom is 0.254 e. The van der Waals surface area contributed by atoms with Gasteiger partial charge >= 0.3 is 0 Å². The van der Waals surface area contributed by atoms with Gasteiger partial charge < -0.3 is 10.2 Å². The van der Waals surface area contributed by atoms with E-state index in [-0.39, 0.29) is 16.6 Å². The van der Waals surface area contributed by atoms with Crippen molar-refractivity contribution < 1.29 is 18.4 Å². The first kappa shape index (κ1) is 18.6. The minimum Gasteiger partial charge on any atom is -0.327 e. The van der Waals surface area contributed by atoms with E-state index in [9.17, 15) is 18.4 Å². The summed E-state index contributed by atoms with van der Waals surface area (Å²) in [5.74, 6) is -2.45. The van der Waals surface area contributed by atoms with Crippen LogP contribution in [0.3, 0.4) is 0 Å². The van der Waals surface area contributed by atoms with E-state index in [1.54, 1.807) is 0 Å². The van der Waals surface area contributed by atoms with Crippen molar-refractivity contribution in [2.24, 2.45) is 0 Å². The van der Waals surface area contributed by atoms with Gasteiger partial charge in [-0.05, 0) is 43.2 Å². The van der Waals surface area contributed by atoms with Crippen molar-refractivity contribution in [2.75, 3.05) is 11.9 Å². The van der Waals surface area contributed by atoms with Crippen LogP contribution in [0, 0.1) is 11.6 Å². The van der Waals surface area contributed by atoms with E-state index in [4.69, 9.17) is 23.2 Å². The zero-order valence-corrected chi connectivity index (χ0v) is 15.0. The smallest absolute Gasteiger partial charge is 0.254 e. The van der Waals surface area contributed by atoms with E-state index in [2.05, 4.69) is 5.32 Å². The Morgan fingerprint density at radius 2 is 1.73 bits per heavy atom. The Hall–Kier alpha value is -2.18. The minimum absolute atomic E-state index is 0.00124. The van der Waals surface area contributed by atoms with Gasteiger partial charge in [-0.2, -0.15) is 0 Å². The Bertz CT molecular complexity index is 856. The molecule has 0 aliphatic carbocycles. The number of hydrogen-bond acceptors (Lipinski definition) is 2. The molecule has 3 rings (SSSR count). The van der Waals surface area contributed by atoms with E-state index in [1.807, 2.05) is 0 Å². The monoisotopic (exact) mass is 398 g/mol. The summed E-state index contributed by atoms with van der Waals surface area (Å²) in [5.41, 5.74) is 0.317. The molecule has 0 spiro atoms. The molecule has 26 heavy (non-hydrogen) atoms. The molecule has 0 radical (unpaired) electrons. The van der Waals surface area contributed by atoms with Gasteiger partial charge in [0.15, 0.2) is 0 Å². The van der Waals surface area contributed by atoms with Crippen LogP contribution < -0.4 is 5.32 Å². The second-order valence-electron chi connectivity index (χ2n) is 5.93. The zero-order valence-electron chi connectivity index (χ0n) is 13.4. The lowest BCUT2D eigenvalue weighted by molar-refractivity contribution is -0.119. The standard InChI is InChI=1S/C18H14Cl2F2N2O2/c19-14-4-3-10(6-15(14)20)18(26)24-5-1-2-16(24)17(25)23-13-8-11(21)7-12(22)9-13/h3-4,6-9,16H,1-2,5H2,(H,23,25). The van der Waals surface area contributed by atoms with Gasteiger partial charge in [0.25, 0.3) is 5.91 Å². The zero-order chi connectivity index (χ0) is 18.8. The molecule has 4 nitrogen and oxygen atoms in total. The van der Waals surface area contributed by atoms with E-state index in [0.717, 1.165) is 12.1 Å². The molecule has 0 aromatic heterocycles. The number of nitrogens with zero attached hydrogens (tertiary/aromatic N) is 1. The molecule has 2 amide bonds. The molecular weight excluding hydrogens is 385 g/mol. The number of carbonyl (C=O) groups is 2. The molecule has 1 atom stereocenters. The van der Waals surface area contributed by atoms with E-state index in [0.29, 0.717) is 36.0 Å². The molecule has 0 bridgehead atoms. The average molecular weight is 399 g/mol. The third kappa shape index (κ3) is 3.97. The third-order valence-corrected chi connectivity index (χ3v) is 4.85. The maximum absolute atomic E-state index is 13.3. The molecule has 8 heteroatoms. The fraction of sp³-hybridized carbons (Fsp3) is 0.222. The number of halogens is 4. The Labute approximate surface area is 158 Å². The van der Waals surface area contributed by atoms with Crippen molar-refractivity contribution >= 4 is 40.7 Å². The van der Waals surface area contributed by atoms with Gasteiger partial charge in [0.1, 0.15) is 17.7 Å². The highest BCUT2D eigenvalue weighted by Gasteiger charge is 2.34. The summed E-state index contributed by atoms with van der Waals surface area (Å²) in [5, 5.41) is 3.03. The topological polar surface area (TPSA) is 49.4 Å². The number of likely N-dealkylation sites (tertiary alicyclic amines) is 1. The first-order valence-electron chi connectivity index (χ1n) is 7.88. The predicted octanol–water partition coefficient (Wildman–Crippen LogP) is 4.51. The summed E-state index contributed by atoms with van der Waals surface area (Å²) < 4.78 is 26.5. The van der Waals surface area contributed by atoms with Crippen LogP contribution in [-0.2, 0) is 4.79 Å². The molecule has 1 fully saturated rings. The van der Waals surface area contributed by atoms with Crippen molar-refractivity contribution in [3.8, 4) is 0 Å². The molecule has 1 saturated heterocycles. The van der Waals surface area contributed by atoms with Crippen LogP contribution in [0.4, 0.5) is 14.5 Å². The molecule has 0 saturated carbocycles. The molecule has 136 valence electrons. The quantitative estimate of drug-likeness (QED) is 0.826. The van der Waals surface area contributed by atoms with Gasteiger partial charge in [-0.25, -0.2) is 8.78 Å². The lowest BCUT2D eigenvalue weighted by Crippen LogP contribution is -2.43. The van der Waals surface area contributed by atoms with Crippen LogP contribution in [0.2, 0.25) is 10.0 Å². The second-order valence-corrected chi connectivity index (χ2v) is 6.75. The largest absolute Gasteiger partial charge is 0.327 e. The average Bonchev–Trinajstić information content (AvgIpc) is 3.05. The van der Waals surface area contributed by atoms with E-state index < -0.39 is 23.6 Å². The summed E-state index contributed by atoms with van der Waals surface area (Å²) in [6, 6.07) is 6.50. The van der Waals surface area contributed by atoms with Crippen LogP contribution in [-0.4, -0.2) is 29.3 Å². The van der Waals surface area contributed by atoms with Crippen molar-refractivity contribution in [3.63, 3.8) is 0 Å². The molecule has 2 aromatic carbocycles. The highest BCUT2D eigenvalue weighted by molar-refractivity contribution is 6.42. The van der Waals surface area contributed by atoms with Gasteiger partial charge in [0.2, 0.25) is 5.91 Å². The number of anilines is 1. The Balaban J connectivity index is 1.77. The Morgan fingerprint density at radius 3 is 2.38 bits per heavy atom. The lowest BCUT2D eigenvalue weighted by atomic mass is 10.1. The number of benzene rings is 2. The normalized spacial score (nSPS) is 16.6. The second kappa shape index (κ2) is 7.60.